The van der Waals surface area contributed by atoms with Gasteiger partial charge in [-0.25, -0.2) is 0 Å². The van der Waals surface area contributed by atoms with Crippen LogP contribution in [0.1, 0.15) is 18.1 Å². The lowest BCUT2D eigenvalue weighted by Gasteiger charge is -2.13. The molecule has 0 saturated carbocycles. The van der Waals surface area contributed by atoms with Gasteiger partial charge < -0.3 is 0 Å². The summed E-state index contributed by atoms with van der Waals surface area (Å²) in [5, 5.41) is 0.612. The molecule has 0 unspecified atom stereocenters. The molecule has 0 amide bonds. The van der Waals surface area contributed by atoms with E-state index in [0.717, 1.165) is 22.4 Å². The van der Waals surface area contributed by atoms with Gasteiger partial charge >= 0.3 is 0 Å². The summed E-state index contributed by atoms with van der Waals surface area (Å²) >= 11 is 0. The molecule has 1 aromatic carbocycles. The van der Waals surface area contributed by atoms with Crippen LogP contribution < -0.4 is 5.56 Å². The average Bonchev–Trinajstić information content (AvgIpc) is 2.48. The Morgan fingerprint density at radius 3 is 2.67 bits per heavy atom. The Labute approximate surface area is 123 Å². The van der Waals surface area contributed by atoms with Gasteiger partial charge in [-0.1, -0.05) is 24.8 Å². The Hall–Kier alpha value is -2.68. The van der Waals surface area contributed by atoms with Gasteiger partial charge in [-0.15, -0.1) is 0 Å². The number of rotatable bonds is 2. The number of aryl methyl sites for hydroxylation is 1. The highest BCUT2D eigenvalue weighted by Crippen LogP contribution is 2.22. The molecule has 0 aliphatic rings. The Morgan fingerprint density at radius 2 is 1.95 bits per heavy atom. The molecule has 0 aliphatic heterocycles. The summed E-state index contributed by atoms with van der Waals surface area (Å²) in [7, 11) is 0. The number of aromatic nitrogens is 2. The standard InChI is InChI=1S/C18H16N2O/c1-12(2)15-11-20(16-9-5-4-7-13(16)3)18(21)14-8-6-10-19-17(14)15/h4-11H,1H2,2-3H3. The number of pyridine rings is 2. The van der Waals surface area contributed by atoms with Crippen LogP contribution in [0.4, 0.5) is 0 Å². The smallest absolute Gasteiger partial charge is 0.264 e. The average molecular weight is 276 g/mol. The maximum absolute atomic E-state index is 12.7. The maximum atomic E-state index is 12.7. The van der Waals surface area contributed by atoms with Gasteiger partial charge in [-0.2, -0.15) is 0 Å². The molecule has 0 atom stereocenters. The van der Waals surface area contributed by atoms with Crippen molar-refractivity contribution in [2.24, 2.45) is 0 Å². The number of nitrogens with zero attached hydrogens (tertiary/aromatic N) is 2. The molecule has 0 N–H and O–H groups in total. The lowest BCUT2D eigenvalue weighted by molar-refractivity contribution is 0.987. The third kappa shape index (κ3) is 2.17. The molecule has 3 aromatic rings. The van der Waals surface area contributed by atoms with Gasteiger partial charge in [0.25, 0.3) is 5.56 Å². The number of benzene rings is 1. The molecular weight excluding hydrogens is 260 g/mol. The normalized spacial score (nSPS) is 10.8. The zero-order valence-corrected chi connectivity index (χ0v) is 12.1. The largest absolute Gasteiger partial charge is 0.283 e. The fourth-order valence-corrected chi connectivity index (χ4v) is 2.50. The second-order valence-electron chi connectivity index (χ2n) is 5.18. The summed E-state index contributed by atoms with van der Waals surface area (Å²) < 4.78 is 1.68. The van der Waals surface area contributed by atoms with Crippen LogP contribution in [-0.2, 0) is 0 Å². The van der Waals surface area contributed by atoms with Crippen molar-refractivity contribution in [1.82, 2.24) is 9.55 Å². The summed E-state index contributed by atoms with van der Waals surface area (Å²) in [6, 6.07) is 11.4. The molecule has 104 valence electrons. The molecule has 3 rings (SSSR count). The number of hydrogen-bond acceptors (Lipinski definition) is 2. The molecule has 0 fully saturated rings. The second-order valence-corrected chi connectivity index (χ2v) is 5.18. The Bertz CT molecular complexity index is 906. The van der Waals surface area contributed by atoms with E-state index in [4.69, 9.17) is 0 Å². The molecule has 3 nitrogen and oxygen atoms in total. The van der Waals surface area contributed by atoms with Crippen LogP contribution in [0.3, 0.4) is 0 Å². The van der Waals surface area contributed by atoms with E-state index < -0.39 is 0 Å². The highest BCUT2D eigenvalue weighted by molar-refractivity contribution is 5.89. The van der Waals surface area contributed by atoms with Crippen molar-refractivity contribution in [1.29, 1.82) is 0 Å². The van der Waals surface area contributed by atoms with E-state index in [1.54, 1.807) is 16.8 Å². The van der Waals surface area contributed by atoms with Gasteiger partial charge in [-0.3, -0.25) is 14.3 Å². The predicted octanol–water partition coefficient (Wildman–Crippen LogP) is 3.73. The van der Waals surface area contributed by atoms with Crippen molar-refractivity contribution in [2.75, 3.05) is 0 Å². The zero-order chi connectivity index (χ0) is 15.0. The van der Waals surface area contributed by atoms with Crippen molar-refractivity contribution >= 4 is 16.5 Å². The summed E-state index contributed by atoms with van der Waals surface area (Å²) in [4.78, 5) is 17.1. The number of fused-ring (bicyclic) bond motifs is 1. The van der Waals surface area contributed by atoms with Gasteiger partial charge in [0.05, 0.1) is 16.6 Å². The third-order valence-corrected chi connectivity index (χ3v) is 3.61. The molecule has 0 bridgehead atoms. The highest BCUT2D eigenvalue weighted by atomic mass is 16.1. The monoisotopic (exact) mass is 276 g/mol. The topological polar surface area (TPSA) is 34.9 Å². The first kappa shape index (κ1) is 13.3. The number of allylic oxidation sites excluding steroid dienone is 1. The molecule has 0 aliphatic carbocycles. The van der Waals surface area contributed by atoms with Crippen LogP contribution in [0, 0.1) is 6.92 Å². The lowest BCUT2D eigenvalue weighted by Crippen LogP contribution is -2.20. The van der Waals surface area contributed by atoms with E-state index in [-0.39, 0.29) is 5.56 Å². The van der Waals surface area contributed by atoms with Crippen LogP contribution in [0.25, 0.3) is 22.2 Å². The van der Waals surface area contributed by atoms with Gasteiger partial charge in [0.1, 0.15) is 0 Å². The van der Waals surface area contributed by atoms with E-state index in [2.05, 4.69) is 11.6 Å². The second kappa shape index (κ2) is 5.02. The fourth-order valence-electron chi connectivity index (χ4n) is 2.50. The van der Waals surface area contributed by atoms with Crippen LogP contribution >= 0.6 is 0 Å². The summed E-state index contributed by atoms with van der Waals surface area (Å²) in [5.74, 6) is 0. The van der Waals surface area contributed by atoms with E-state index in [0.29, 0.717) is 10.9 Å². The Balaban J connectivity index is 2.45. The molecule has 2 heterocycles. The number of hydrogen-bond donors (Lipinski definition) is 0. The van der Waals surface area contributed by atoms with Gasteiger partial charge in [0.15, 0.2) is 0 Å². The molecule has 2 aromatic heterocycles. The predicted molar refractivity (Wildman–Crippen MR) is 86.8 cm³/mol. The Morgan fingerprint density at radius 1 is 1.19 bits per heavy atom. The highest BCUT2D eigenvalue weighted by Gasteiger charge is 2.12. The first-order valence-corrected chi connectivity index (χ1v) is 6.82. The molecule has 3 heteroatoms. The third-order valence-electron chi connectivity index (χ3n) is 3.61. The van der Waals surface area contributed by atoms with E-state index >= 15 is 0 Å². The summed E-state index contributed by atoms with van der Waals surface area (Å²) in [6.45, 7) is 7.93. The molecule has 0 radical (unpaired) electrons. The minimum absolute atomic E-state index is 0.0580. The Kier molecular flexibility index (Phi) is 3.18. The quantitative estimate of drug-likeness (QED) is 0.715. The maximum Gasteiger partial charge on any atom is 0.264 e. The van der Waals surface area contributed by atoms with Crippen LogP contribution in [-0.4, -0.2) is 9.55 Å². The van der Waals surface area contributed by atoms with Crippen LogP contribution in [0.15, 0.2) is 60.2 Å². The SMILES string of the molecule is C=C(C)c1cn(-c2ccccc2C)c(=O)c2cccnc12. The first-order chi connectivity index (χ1) is 10.1. The molecule has 21 heavy (non-hydrogen) atoms. The molecular formula is C18H16N2O. The van der Waals surface area contributed by atoms with Crippen LogP contribution in [0.2, 0.25) is 0 Å². The zero-order valence-electron chi connectivity index (χ0n) is 12.1. The van der Waals surface area contributed by atoms with Crippen molar-refractivity contribution < 1.29 is 0 Å². The lowest BCUT2D eigenvalue weighted by atomic mass is 10.1. The van der Waals surface area contributed by atoms with Crippen molar-refractivity contribution in [3.63, 3.8) is 0 Å². The van der Waals surface area contributed by atoms with Crippen molar-refractivity contribution in [3.05, 3.63) is 76.9 Å². The summed E-state index contributed by atoms with van der Waals surface area (Å²) in [6.07, 6.45) is 3.54. The number of para-hydroxylation sites is 1. The van der Waals surface area contributed by atoms with Crippen LogP contribution in [0.5, 0.6) is 0 Å². The molecule has 0 saturated heterocycles. The van der Waals surface area contributed by atoms with E-state index in [9.17, 15) is 4.79 Å². The van der Waals surface area contributed by atoms with Gasteiger partial charge in [0, 0.05) is 18.0 Å². The van der Waals surface area contributed by atoms with E-state index in [1.807, 2.05) is 50.4 Å². The summed E-state index contributed by atoms with van der Waals surface area (Å²) in [5.41, 5.74) is 4.37. The van der Waals surface area contributed by atoms with Crippen molar-refractivity contribution in [3.8, 4) is 5.69 Å². The van der Waals surface area contributed by atoms with E-state index in [1.165, 1.54) is 0 Å². The molecule has 0 spiro atoms. The van der Waals surface area contributed by atoms with Gasteiger partial charge in [0.2, 0.25) is 0 Å². The minimum atomic E-state index is -0.0580. The van der Waals surface area contributed by atoms with Crippen molar-refractivity contribution in [2.45, 2.75) is 13.8 Å². The van der Waals surface area contributed by atoms with Gasteiger partial charge in [-0.05, 0) is 43.2 Å². The first-order valence-electron chi connectivity index (χ1n) is 6.82. The minimum Gasteiger partial charge on any atom is -0.283 e. The fraction of sp³-hybridized carbons (Fsp3) is 0.111.